The van der Waals surface area contributed by atoms with Gasteiger partial charge in [0.25, 0.3) is 0 Å². The summed E-state index contributed by atoms with van der Waals surface area (Å²) in [7, 11) is 0. The number of rotatable bonds is 5. The Balaban J connectivity index is 1.89. The molecular weight excluding hydrogens is 437 g/mol. The second kappa shape index (κ2) is 7.65. The summed E-state index contributed by atoms with van der Waals surface area (Å²) in [4.78, 5) is 15.1. The summed E-state index contributed by atoms with van der Waals surface area (Å²) in [6, 6.07) is 7.31. The second-order valence-corrected chi connectivity index (χ2v) is 11.7. The topological polar surface area (TPSA) is 112 Å². The molecule has 3 heterocycles. The van der Waals surface area contributed by atoms with E-state index in [1.807, 2.05) is 25.1 Å². The van der Waals surface area contributed by atoms with E-state index in [1.54, 1.807) is 18.2 Å². The van der Waals surface area contributed by atoms with Gasteiger partial charge in [-0.15, -0.1) is 4.31 Å². The van der Waals surface area contributed by atoms with Crippen molar-refractivity contribution in [1.82, 2.24) is 9.29 Å². The van der Waals surface area contributed by atoms with Crippen molar-refractivity contribution in [3.63, 3.8) is 0 Å². The molecule has 3 unspecified atom stereocenters. The lowest BCUT2D eigenvalue weighted by Crippen LogP contribution is -2.63. The lowest BCUT2D eigenvalue weighted by atomic mass is 9.81. The van der Waals surface area contributed by atoms with Crippen LogP contribution < -0.4 is 4.74 Å². The first-order valence-electron chi connectivity index (χ1n) is 10.3. The van der Waals surface area contributed by atoms with Crippen molar-refractivity contribution < 1.29 is 23.7 Å². The maximum Gasteiger partial charge on any atom is 0.237 e. The van der Waals surface area contributed by atoms with Gasteiger partial charge in [0.1, 0.15) is 28.4 Å². The first kappa shape index (κ1) is 22.9. The molecule has 2 aliphatic rings. The van der Waals surface area contributed by atoms with E-state index in [0.717, 1.165) is 0 Å². The fourth-order valence-electron chi connectivity index (χ4n) is 4.16. The fraction of sp³-hybridized carbons (Fsp3) is 0.500. The second-order valence-electron chi connectivity index (χ2n) is 9.54. The number of aliphatic hydroxyl groups is 1. The maximum atomic E-state index is 13.5. The van der Waals surface area contributed by atoms with Crippen LogP contribution in [0.3, 0.4) is 0 Å². The van der Waals surface area contributed by atoms with Gasteiger partial charge in [-0.2, -0.15) is 0 Å². The van der Waals surface area contributed by atoms with Crippen molar-refractivity contribution in [3.05, 3.63) is 57.5 Å². The lowest BCUT2D eigenvalue weighted by Gasteiger charge is -2.50. The van der Waals surface area contributed by atoms with E-state index in [4.69, 9.17) is 4.74 Å². The normalized spacial score (nSPS) is 23.2. The van der Waals surface area contributed by atoms with Crippen LogP contribution >= 0.6 is 0 Å². The molecule has 0 amide bonds. The van der Waals surface area contributed by atoms with Crippen molar-refractivity contribution >= 4 is 11.4 Å². The van der Waals surface area contributed by atoms with E-state index in [0.29, 0.717) is 35.5 Å². The Bertz CT molecular complexity index is 1060. The van der Waals surface area contributed by atoms with Gasteiger partial charge in [0.05, 0.1) is 5.69 Å². The average molecular weight is 464 g/mol. The van der Waals surface area contributed by atoms with E-state index in [2.05, 4.69) is 4.98 Å². The van der Waals surface area contributed by atoms with E-state index < -0.39 is 44.5 Å². The number of aromatic nitrogens is 1. The highest BCUT2D eigenvalue weighted by Crippen LogP contribution is 2.54. The highest BCUT2D eigenvalue weighted by Gasteiger charge is 2.60. The van der Waals surface area contributed by atoms with Gasteiger partial charge >= 0.3 is 0 Å². The predicted octanol–water partition coefficient (Wildman–Crippen LogP) is 3.13. The molecule has 172 valence electrons. The van der Waals surface area contributed by atoms with E-state index in [-0.39, 0.29) is 12.3 Å². The molecule has 10 heteroatoms. The summed E-state index contributed by atoms with van der Waals surface area (Å²) in [5.41, 5.74) is -0.785. The van der Waals surface area contributed by atoms with Crippen LogP contribution in [-0.4, -0.2) is 48.3 Å². The smallest absolute Gasteiger partial charge is 0.237 e. The van der Waals surface area contributed by atoms with Gasteiger partial charge in [-0.1, -0.05) is 0 Å². The molecule has 3 atom stereocenters. The van der Waals surface area contributed by atoms with Crippen molar-refractivity contribution in [3.8, 4) is 17.0 Å². The largest absolute Gasteiger partial charge is 0.597 e. The number of nitrogens with zero attached hydrogens (tertiary/aromatic N) is 3. The first-order valence-corrected chi connectivity index (χ1v) is 11.4. The Morgan fingerprint density at radius 1 is 1.31 bits per heavy atom. The van der Waals surface area contributed by atoms with Crippen LogP contribution in [0.2, 0.25) is 0 Å². The summed E-state index contributed by atoms with van der Waals surface area (Å²) < 4.78 is 34.2. The third-order valence-electron chi connectivity index (χ3n) is 5.97. The average Bonchev–Trinajstić information content (AvgIpc) is 3.07. The number of fused-ring (bicyclic) bond motifs is 2. The van der Waals surface area contributed by atoms with Crippen LogP contribution in [0.15, 0.2) is 30.3 Å². The van der Waals surface area contributed by atoms with E-state index in [9.17, 15) is 24.2 Å². The minimum atomic E-state index is -1.84. The Labute approximate surface area is 188 Å². The molecule has 0 saturated carbocycles. The standard InChI is InChI=1S/C22H26FN3O5S/c1-20(2,3)32(30)25-10-9-22(25)13-31-19-16(22)11-17(21(4,27)12-26(28)29)24-18(19)14-5-7-15(23)8-6-14/h5-8,11,27H,9-10,12-13H2,1-4H3. The molecule has 1 spiro atoms. The number of hydrogen-bond donors (Lipinski definition) is 1. The molecule has 0 bridgehead atoms. The Morgan fingerprint density at radius 2 is 1.97 bits per heavy atom. The van der Waals surface area contributed by atoms with E-state index >= 15 is 0 Å². The van der Waals surface area contributed by atoms with Crippen molar-refractivity contribution in [2.24, 2.45) is 0 Å². The van der Waals surface area contributed by atoms with Gasteiger partial charge in [-0.25, -0.2) is 9.37 Å². The van der Waals surface area contributed by atoms with Crippen LogP contribution in [0.1, 0.15) is 45.4 Å². The van der Waals surface area contributed by atoms with Crippen LogP contribution in [0.5, 0.6) is 5.75 Å². The summed E-state index contributed by atoms with van der Waals surface area (Å²) in [6.07, 6.45) is 0.686. The minimum absolute atomic E-state index is 0.116. The van der Waals surface area contributed by atoms with Gasteiger partial charge in [-0.05, 0) is 64.4 Å². The molecule has 2 aliphatic heterocycles. The number of benzene rings is 1. The molecule has 1 fully saturated rings. The molecular formula is C22H26FN3O5S. The molecule has 1 saturated heterocycles. The predicted molar refractivity (Wildman–Crippen MR) is 117 cm³/mol. The zero-order chi connectivity index (χ0) is 23.5. The number of ether oxygens (including phenoxy) is 1. The minimum Gasteiger partial charge on any atom is -0.597 e. The number of hydrogen-bond acceptors (Lipinski definition) is 7. The Morgan fingerprint density at radius 3 is 2.50 bits per heavy atom. The monoisotopic (exact) mass is 463 g/mol. The number of pyridine rings is 1. The molecule has 32 heavy (non-hydrogen) atoms. The maximum absolute atomic E-state index is 13.5. The fourth-order valence-corrected chi connectivity index (χ4v) is 5.64. The summed E-state index contributed by atoms with van der Waals surface area (Å²) >= 11 is -1.31. The molecule has 1 aromatic heterocycles. The first-order chi connectivity index (χ1) is 14.8. The van der Waals surface area contributed by atoms with Crippen LogP contribution in [0.4, 0.5) is 4.39 Å². The van der Waals surface area contributed by atoms with Crippen molar-refractivity contribution in [1.29, 1.82) is 0 Å². The van der Waals surface area contributed by atoms with Crippen LogP contribution in [0, 0.1) is 15.9 Å². The number of halogens is 1. The van der Waals surface area contributed by atoms with Gasteiger partial charge in [0.15, 0.2) is 11.4 Å². The van der Waals surface area contributed by atoms with Crippen molar-refractivity contribution in [2.45, 2.75) is 50.0 Å². The van der Waals surface area contributed by atoms with Gasteiger partial charge < -0.3 is 14.4 Å². The summed E-state index contributed by atoms with van der Waals surface area (Å²) in [6.45, 7) is 7.17. The molecule has 0 radical (unpaired) electrons. The number of nitro groups is 1. The summed E-state index contributed by atoms with van der Waals surface area (Å²) in [5.74, 6) is 0.0536. The molecule has 0 aliphatic carbocycles. The molecule has 1 N–H and O–H groups in total. The highest BCUT2D eigenvalue weighted by molar-refractivity contribution is 7.90. The Hall–Kier alpha value is -2.27. The SMILES string of the molecule is CC(O)(C[N+](=O)[O-])c1cc2c(c(-c3ccc(F)cc3)n1)OCC21CCN1[S+]([O-])C(C)(C)C. The third kappa shape index (κ3) is 3.75. The van der Waals surface area contributed by atoms with E-state index in [1.165, 1.54) is 19.1 Å². The molecule has 1 aromatic carbocycles. The van der Waals surface area contributed by atoms with Crippen LogP contribution in [-0.2, 0) is 22.5 Å². The lowest BCUT2D eigenvalue weighted by molar-refractivity contribution is -0.501. The van der Waals surface area contributed by atoms with Gasteiger partial charge in [0, 0.05) is 34.0 Å². The third-order valence-corrected chi connectivity index (χ3v) is 7.95. The molecule has 2 aromatic rings. The van der Waals surface area contributed by atoms with Gasteiger partial charge in [-0.3, -0.25) is 10.1 Å². The van der Waals surface area contributed by atoms with Crippen LogP contribution in [0.25, 0.3) is 11.3 Å². The Kier molecular flexibility index (Phi) is 5.48. The summed E-state index contributed by atoms with van der Waals surface area (Å²) in [5, 5.41) is 22.1. The van der Waals surface area contributed by atoms with Crippen molar-refractivity contribution in [2.75, 3.05) is 19.7 Å². The quantitative estimate of drug-likeness (QED) is 0.412. The molecule has 8 nitrogen and oxygen atoms in total. The molecule has 4 rings (SSSR count). The van der Waals surface area contributed by atoms with Gasteiger partial charge in [0.2, 0.25) is 6.54 Å². The zero-order valence-electron chi connectivity index (χ0n) is 18.4. The zero-order valence-corrected chi connectivity index (χ0v) is 19.2. The highest BCUT2D eigenvalue weighted by atomic mass is 32.2.